The molecule has 92 valence electrons. The minimum absolute atomic E-state index is 0.562. The maximum absolute atomic E-state index is 4.50. The zero-order valence-corrected chi connectivity index (χ0v) is 12.0. The van der Waals surface area contributed by atoms with E-state index in [-0.39, 0.29) is 0 Å². The van der Waals surface area contributed by atoms with Gasteiger partial charge in [-0.05, 0) is 24.0 Å². The number of imidazole rings is 1. The highest BCUT2D eigenvalue weighted by molar-refractivity contribution is 7.98. The highest BCUT2D eigenvalue weighted by atomic mass is 32.2. The summed E-state index contributed by atoms with van der Waals surface area (Å²) in [6.45, 7) is 8.98. The molecule has 0 saturated heterocycles. The molecule has 0 bridgehead atoms. The molecule has 0 aliphatic rings. The fraction of sp³-hybridized carbons (Fsp3) is 0.769. The lowest BCUT2D eigenvalue weighted by atomic mass is 10.1. The molecule has 1 aromatic rings. The minimum Gasteiger partial charge on any atom is -0.334 e. The lowest BCUT2D eigenvalue weighted by Gasteiger charge is -2.08. The largest absolute Gasteiger partial charge is 0.334 e. The molecule has 0 fully saturated rings. The van der Waals surface area contributed by atoms with E-state index in [2.05, 4.69) is 44.3 Å². The standard InChI is InChI=1S/C13H24N2S/c1-10(2)6-7-16-9-13-14-8-12(11(3)4)15(13)5/h8,10-11H,6-7,9H2,1-5H3. The van der Waals surface area contributed by atoms with Crippen LogP contribution >= 0.6 is 11.8 Å². The van der Waals surface area contributed by atoms with Crippen molar-refractivity contribution < 1.29 is 0 Å². The summed E-state index contributed by atoms with van der Waals surface area (Å²) in [4.78, 5) is 4.50. The van der Waals surface area contributed by atoms with Gasteiger partial charge in [0.1, 0.15) is 5.82 Å². The van der Waals surface area contributed by atoms with E-state index in [1.165, 1.54) is 23.7 Å². The Hall–Kier alpha value is -0.440. The van der Waals surface area contributed by atoms with E-state index >= 15 is 0 Å². The SMILES string of the molecule is CC(C)CCSCc1ncc(C(C)C)n1C. The van der Waals surface area contributed by atoms with E-state index in [9.17, 15) is 0 Å². The van der Waals surface area contributed by atoms with E-state index in [0.717, 1.165) is 11.7 Å². The molecule has 0 saturated carbocycles. The van der Waals surface area contributed by atoms with Gasteiger partial charge < -0.3 is 4.57 Å². The van der Waals surface area contributed by atoms with Crippen molar-refractivity contribution in [2.24, 2.45) is 13.0 Å². The maximum atomic E-state index is 4.50. The van der Waals surface area contributed by atoms with Crippen LogP contribution in [0.4, 0.5) is 0 Å². The molecule has 1 aromatic heterocycles. The van der Waals surface area contributed by atoms with Crippen LogP contribution in [-0.2, 0) is 12.8 Å². The Labute approximate surface area is 104 Å². The van der Waals surface area contributed by atoms with Gasteiger partial charge in [-0.2, -0.15) is 11.8 Å². The molecule has 0 aliphatic heterocycles. The van der Waals surface area contributed by atoms with Crippen LogP contribution in [0.1, 0.15) is 51.6 Å². The first-order valence-corrected chi connectivity index (χ1v) is 7.26. The molecule has 16 heavy (non-hydrogen) atoms. The molecule has 2 nitrogen and oxygen atoms in total. The fourth-order valence-corrected chi connectivity index (χ4v) is 2.85. The molecule has 0 aliphatic carbocycles. The summed E-state index contributed by atoms with van der Waals surface area (Å²) in [6.07, 6.45) is 3.31. The van der Waals surface area contributed by atoms with E-state index in [0.29, 0.717) is 5.92 Å². The summed E-state index contributed by atoms with van der Waals surface area (Å²) in [5.74, 6) is 4.85. The molecule has 0 N–H and O–H groups in total. The quantitative estimate of drug-likeness (QED) is 0.703. The average Bonchev–Trinajstić information content (AvgIpc) is 2.54. The molecule has 3 heteroatoms. The van der Waals surface area contributed by atoms with Gasteiger partial charge in [0.05, 0.1) is 5.75 Å². The van der Waals surface area contributed by atoms with Gasteiger partial charge in [-0.1, -0.05) is 27.7 Å². The predicted octanol–water partition coefficient (Wildman–Crippen LogP) is 3.82. The first-order valence-electron chi connectivity index (χ1n) is 6.10. The van der Waals surface area contributed by atoms with Gasteiger partial charge in [0.15, 0.2) is 0 Å². The predicted molar refractivity (Wildman–Crippen MR) is 72.9 cm³/mol. The number of hydrogen-bond acceptors (Lipinski definition) is 2. The number of aromatic nitrogens is 2. The smallest absolute Gasteiger partial charge is 0.118 e. The number of thioether (sulfide) groups is 1. The Morgan fingerprint density at radius 3 is 2.50 bits per heavy atom. The third-order valence-corrected chi connectivity index (χ3v) is 3.77. The van der Waals surface area contributed by atoms with Crippen molar-refractivity contribution in [1.29, 1.82) is 0 Å². The molecular weight excluding hydrogens is 216 g/mol. The molecule has 1 heterocycles. The molecule has 0 radical (unpaired) electrons. The van der Waals surface area contributed by atoms with Crippen molar-refractivity contribution in [2.45, 2.75) is 45.8 Å². The molecule has 0 spiro atoms. The van der Waals surface area contributed by atoms with Crippen molar-refractivity contribution in [3.05, 3.63) is 17.7 Å². The van der Waals surface area contributed by atoms with Gasteiger partial charge in [0.25, 0.3) is 0 Å². The second-order valence-electron chi connectivity index (χ2n) is 5.05. The van der Waals surface area contributed by atoms with Crippen LogP contribution in [0.25, 0.3) is 0 Å². The van der Waals surface area contributed by atoms with E-state index in [1.807, 2.05) is 18.0 Å². The first kappa shape index (κ1) is 13.6. The van der Waals surface area contributed by atoms with Gasteiger partial charge in [-0.25, -0.2) is 4.98 Å². The van der Waals surface area contributed by atoms with Gasteiger partial charge in [-0.3, -0.25) is 0 Å². The summed E-state index contributed by atoms with van der Waals surface area (Å²) in [5.41, 5.74) is 1.33. The van der Waals surface area contributed by atoms with Gasteiger partial charge in [0, 0.05) is 18.9 Å². The van der Waals surface area contributed by atoms with Crippen LogP contribution in [0.3, 0.4) is 0 Å². The second kappa shape index (κ2) is 6.33. The normalized spacial score (nSPS) is 11.7. The third kappa shape index (κ3) is 3.85. The van der Waals surface area contributed by atoms with Crippen molar-refractivity contribution >= 4 is 11.8 Å². The third-order valence-electron chi connectivity index (χ3n) is 2.78. The zero-order valence-electron chi connectivity index (χ0n) is 11.2. The molecule has 0 aromatic carbocycles. The van der Waals surface area contributed by atoms with Gasteiger partial charge >= 0.3 is 0 Å². The molecular formula is C13H24N2S. The maximum Gasteiger partial charge on any atom is 0.118 e. The molecule has 0 amide bonds. The highest BCUT2D eigenvalue weighted by Gasteiger charge is 2.09. The molecule has 1 rings (SSSR count). The van der Waals surface area contributed by atoms with E-state index < -0.39 is 0 Å². The van der Waals surface area contributed by atoms with Gasteiger partial charge in [0.2, 0.25) is 0 Å². The topological polar surface area (TPSA) is 17.8 Å². The molecule has 0 unspecified atom stereocenters. The summed E-state index contributed by atoms with van der Waals surface area (Å²) in [5, 5.41) is 0. The minimum atomic E-state index is 0.562. The van der Waals surface area contributed by atoms with Crippen LogP contribution in [0.15, 0.2) is 6.20 Å². The Morgan fingerprint density at radius 1 is 1.31 bits per heavy atom. The number of hydrogen-bond donors (Lipinski definition) is 0. The number of rotatable bonds is 6. The van der Waals surface area contributed by atoms with E-state index in [4.69, 9.17) is 0 Å². The summed E-state index contributed by atoms with van der Waals surface area (Å²) < 4.78 is 2.24. The van der Waals surface area contributed by atoms with Crippen LogP contribution in [0.5, 0.6) is 0 Å². The van der Waals surface area contributed by atoms with Gasteiger partial charge in [-0.15, -0.1) is 0 Å². The number of nitrogens with zero attached hydrogens (tertiary/aromatic N) is 2. The van der Waals surface area contributed by atoms with E-state index in [1.54, 1.807) is 0 Å². The zero-order chi connectivity index (χ0) is 12.1. The van der Waals surface area contributed by atoms with Crippen molar-refractivity contribution in [3.63, 3.8) is 0 Å². The van der Waals surface area contributed by atoms with Crippen molar-refractivity contribution in [1.82, 2.24) is 9.55 Å². The summed E-state index contributed by atoms with van der Waals surface area (Å²) in [7, 11) is 2.13. The lowest BCUT2D eigenvalue weighted by molar-refractivity contribution is 0.631. The van der Waals surface area contributed by atoms with Crippen LogP contribution in [-0.4, -0.2) is 15.3 Å². The fourth-order valence-electron chi connectivity index (χ4n) is 1.62. The monoisotopic (exact) mass is 240 g/mol. The van der Waals surface area contributed by atoms with Crippen LogP contribution < -0.4 is 0 Å². The Bertz CT molecular complexity index is 316. The Kier molecular flexibility index (Phi) is 5.39. The van der Waals surface area contributed by atoms with Crippen molar-refractivity contribution in [3.8, 4) is 0 Å². The molecule has 0 atom stereocenters. The lowest BCUT2D eigenvalue weighted by Crippen LogP contribution is -2.02. The first-order chi connectivity index (χ1) is 7.52. The van der Waals surface area contributed by atoms with Crippen LogP contribution in [0.2, 0.25) is 0 Å². The van der Waals surface area contributed by atoms with Crippen molar-refractivity contribution in [2.75, 3.05) is 5.75 Å². The highest BCUT2D eigenvalue weighted by Crippen LogP contribution is 2.19. The Morgan fingerprint density at radius 2 is 2.00 bits per heavy atom. The van der Waals surface area contributed by atoms with Crippen LogP contribution in [0, 0.1) is 5.92 Å². The summed E-state index contributed by atoms with van der Waals surface area (Å²) >= 11 is 1.99. The summed E-state index contributed by atoms with van der Waals surface area (Å²) in [6, 6.07) is 0. The second-order valence-corrected chi connectivity index (χ2v) is 6.15. The Balaban J connectivity index is 2.43. The average molecular weight is 240 g/mol.